The van der Waals surface area contributed by atoms with Crippen molar-refractivity contribution < 1.29 is 22.0 Å². The molecule has 1 unspecified atom stereocenters. The number of rotatable bonds is 6. The van der Waals surface area contributed by atoms with Gasteiger partial charge in [0.15, 0.2) is 9.84 Å². The average molecular weight is 451 g/mol. The third kappa shape index (κ3) is 5.13. The zero-order chi connectivity index (χ0) is 22.9. The van der Waals surface area contributed by atoms with Crippen molar-refractivity contribution in [3.63, 3.8) is 0 Å². The lowest BCUT2D eigenvalue weighted by atomic mass is 10.0. The number of benzene rings is 2. The Morgan fingerprint density at radius 3 is 2.23 bits per heavy atom. The minimum absolute atomic E-state index is 0.0816. The smallest absolute Gasteiger partial charge is 0.260 e. The Kier molecular flexibility index (Phi) is 6.81. The summed E-state index contributed by atoms with van der Waals surface area (Å²) in [5.74, 6) is -2.47. The highest BCUT2D eigenvalue weighted by Gasteiger charge is 2.33. The van der Waals surface area contributed by atoms with Gasteiger partial charge in [0.05, 0.1) is 4.90 Å². The Labute approximate surface area is 182 Å². The van der Waals surface area contributed by atoms with Gasteiger partial charge >= 0.3 is 0 Å². The van der Waals surface area contributed by atoms with Crippen molar-refractivity contribution in [2.24, 2.45) is 0 Å². The largest absolute Gasteiger partial charge is 0.334 e. The molecule has 8 heteroatoms. The van der Waals surface area contributed by atoms with Gasteiger partial charge < -0.3 is 9.80 Å². The van der Waals surface area contributed by atoms with E-state index in [4.69, 9.17) is 0 Å². The molecule has 2 aromatic carbocycles. The summed E-state index contributed by atoms with van der Waals surface area (Å²) in [5.41, 5.74) is 0.154. The van der Waals surface area contributed by atoms with Crippen molar-refractivity contribution in [2.45, 2.75) is 43.7 Å². The van der Waals surface area contributed by atoms with Gasteiger partial charge in [-0.1, -0.05) is 12.1 Å². The summed E-state index contributed by atoms with van der Waals surface area (Å²) < 4.78 is 53.0. The van der Waals surface area contributed by atoms with Crippen LogP contribution < -0.4 is 0 Å². The minimum Gasteiger partial charge on any atom is -0.334 e. The maximum absolute atomic E-state index is 14.9. The van der Waals surface area contributed by atoms with E-state index >= 15 is 0 Å². The fraction of sp³-hybridized carbons (Fsp3) is 0.435. The van der Waals surface area contributed by atoms with E-state index in [-0.39, 0.29) is 16.5 Å². The van der Waals surface area contributed by atoms with Gasteiger partial charge in [0.25, 0.3) is 5.91 Å². The van der Waals surface area contributed by atoms with Crippen LogP contribution in [0.4, 0.5) is 8.78 Å². The highest BCUT2D eigenvalue weighted by molar-refractivity contribution is 7.90. The van der Waals surface area contributed by atoms with Crippen LogP contribution in [0.25, 0.3) is 11.1 Å². The fourth-order valence-corrected chi connectivity index (χ4v) is 4.45. The van der Waals surface area contributed by atoms with Crippen LogP contribution in [0.3, 0.4) is 0 Å². The molecular weight excluding hydrogens is 422 g/mol. The maximum atomic E-state index is 14.9. The zero-order valence-corrected chi connectivity index (χ0v) is 19.0. The highest BCUT2D eigenvalue weighted by Crippen LogP contribution is 2.28. The molecule has 0 aromatic heterocycles. The number of halogens is 2. The Morgan fingerprint density at radius 2 is 1.71 bits per heavy atom. The van der Waals surface area contributed by atoms with Gasteiger partial charge in [-0.3, -0.25) is 4.79 Å². The van der Waals surface area contributed by atoms with E-state index in [2.05, 4.69) is 18.7 Å². The summed E-state index contributed by atoms with van der Waals surface area (Å²) in [6.07, 6.45) is 2.69. The lowest BCUT2D eigenvalue weighted by molar-refractivity contribution is 0.0689. The lowest BCUT2D eigenvalue weighted by Gasteiger charge is -2.31. The molecule has 0 bridgehead atoms. The number of nitrogens with zero attached hydrogens (tertiary/aromatic N) is 2. The van der Waals surface area contributed by atoms with E-state index in [0.29, 0.717) is 24.7 Å². The van der Waals surface area contributed by atoms with Gasteiger partial charge in [0, 0.05) is 31.4 Å². The third-order valence-electron chi connectivity index (χ3n) is 5.89. The average Bonchev–Trinajstić information content (AvgIpc) is 3.14. The quantitative estimate of drug-likeness (QED) is 0.668. The summed E-state index contributed by atoms with van der Waals surface area (Å²) in [7, 11) is -1.40. The van der Waals surface area contributed by atoms with Crippen LogP contribution in [0.1, 0.15) is 37.0 Å². The number of sulfone groups is 1. The first-order chi connectivity index (χ1) is 14.5. The van der Waals surface area contributed by atoms with Crippen LogP contribution >= 0.6 is 0 Å². The molecular formula is C23H28F2N2O3S. The van der Waals surface area contributed by atoms with E-state index in [9.17, 15) is 22.0 Å². The molecule has 0 aliphatic carbocycles. The molecule has 3 rings (SSSR count). The molecule has 1 atom stereocenters. The summed E-state index contributed by atoms with van der Waals surface area (Å²) >= 11 is 0. The first-order valence-corrected chi connectivity index (χ1v) is 12.2. The molecule has 0 spiro atoms. The molecule has 1 amide bonds. The molecule has 0 radical (unpaired) electrons. The first kappa shape index (κ1) is 23.3. The zero-order valence-electron chi connectivity index (χ0n) is 18.2. The van der Waals surface area contributed by atoms with Crippen LogP contribution in [0, 0.1) is 11.6 Å². The normalized spacial score (nSPS) is 17.0. The summed E-state index contributed by atoms with van der Waals surface area (Å²) in [5, 5.41) is 0. The summed E-state index contributed by atoms with van der Waals surface area (Å²) in [6.45, 7) is 5.24. The van der Waals surface area contributed by atoms with Crippen molar-refractivity contribution in [3.8, 4) is 11.1 Å². The van der Waals surface area contributed by atoms with Crippen LogP contribution in [0.15, 0.2) is 41.3 Å². The van der Waals surface area contributed by atoms with Crippen molar-refractivity contribution in [3.05, 3.63) is 53.6 Å². The monoisotopic (exact) mass is 450 g/mol. The molecule has 1 aliphatic heterocycles. The van der Waals surface area contributed by atoms with Gasteiger partial charge in [-0.25, -0.2) is 17.2 Å². The van der Waals surface area contributed by atoms with Crippen molar-refractivity contribution >= 4 is 15.7 Å². The predicted octanol–water partition coefficient (Wildman–Crippen LogP) is 3.98. The Hall–Kier alpha value is -2.32. The van der Waals surface area contributed by atoms with Crippen LogP contribution in [0.5, 0.6) is 0 Å². The molecule has 5 nitrogen and oxygen atoms in total. The number of amides is 1. The van der Waals surface area contributed by atoms with Gasteiger partial charge in [-0.2, -0.15) is 0 Å². The van der Waals surface area contributed by atoms with Gasteiger partial charge in [-0.15, -0.1) is 0 Å². The van der Waals surface area contributed by atoms with Crippen molar-refractivity contribution in [1.29, 1.82) is 0 Å². The Balaban J connectivity index is 1.87. The molecule has 31 heavy (non-hydrogen) atoms. The number of carbonyl (C=O) groups excluding carboxylic acids is 1. The van der Waals surface area contributed by atoms with E-state index in [1.165, 1.54) is 24.3 Å². The highest BCUT2D eigenvalue weighted by atomic mass is 32.2. The predicted molar refractivity (Wildman–Crippen MR) is 117 cm³/mol. The molecule has 1 heterocycles. The summed E-state index contributed by atoms with van der Waals surface area (Å²) in [6, 6.07) is 8.23. The number of likely N-dealkylation sites (tertiary alicyclic amines) is 1. The minimum atomic E-state index is -3.37. The molecule has 0 saturated carbocycles. The van der Waals surface area contributed by atoms with E-state index in [1.54, 1.807) is 4.90 Å². The third-order valence-corrected chi connectivity index (χ3v) is 7.02. The van der Waals surface area contributed by atoms with E-state index < -0.39 is 32.9 Å². The lowest BCUT2D eigenvalue weighted by Crippen LogP contribution is -2.44. The second-order valence-electron chi connectivity index (χ2n) is 8.44. The second kappa shape index (κ2) is 9.04. The van der Waals surface area contributed by atoms with Crippen LogP contribution in [0.2, 0.25) is 0 Å². The van der Waals surface area contributed by atoms with Gasteiger partial charge in [0.2, 0.25) is 0 Å². The second-order valence-corrected chi connectivity index (χ2v) is 10.5. The number of hydrogen-bond donors (Lipinski definition) is 0. The van der Waals surface area contributed by atoms with Gasteiger partial charge in [0.1, 0.15) is 17.2 Å². The first-order valence-electron chi connectivity index (χ1n) is 10.3. The molecule has 0 N–H and O–H groups in total. The molecule has 1 aliphatic rings. The van der Waals surface area contributed by atoms with Crippen molar-refractivity contribution in [2.75, 3.05) is 26.4 Å². The SMILES string of the molecule is CC(C)N(C)CC1CCCN1C(=O)c1c(F)cc(-c2ccc(S(C)(=O)=O)cc2)cc1F. The maximum Gasteiger partial charge on any atom is 0.260 e. The number of carbonyl (C=O) groups is 1. The Bertz CT molecular complexity index is 1050. The molecule has 1 saturated heterocycles. The van der Waals surface area contributed by atoms with Crippen molar-refractivity contribution in [1.82, 2.24) is 9.80 Å². The van der Waals surface area contributed by atoms with Crippen LogP contribution in [-0.4, -0.2) is 62.6 Å². The standard InChI is InChI=1S/C23H28F2N2O3S/c1-15(2)26(3)14-18-6-5-11-27(18)23(28)22-20(24)12-17(13-21(22)25)16-7-9-19(10-8-16)31(4,29)30/h7-10,12-13,15,18H,5-6,11,14H2,1-4H3. The topological polar surface area (TPSA) is 57.7 Å². The van der Waals surface area contributed by atoms with E-state index in [0.717, 1.165) is 31.2 Å². The van der Waals surface area contributed by atoms with Gasteiger partial charge in [-0.05, 0) is 69.1 Å². The Morgan fingerprint density at radius 1 is 1.13 bits per heavy atom. The molecule has 1 fully saturated rings. The van der Waals surface area contributed by atoms with E-state index in [1.807, 2.05) is 7.05 Å². The molecule has 168 valence electrons. The number of hydrogen-bond acceptors (Lipinski definition) is 4. The molecule has 2 aromatic rings. The van der Waals surface area contributed by atoms with Crippen LogP contribution in [-0.2, 0) is 9.84 Å². The summed E-state index contributed by atoms with van der Waals surface area (Å²) in [4.78, 5) is 16.8. The fourth-order valence-electron chi connectivity index (χ4n) is 3.82. The number of likely N-dealkylation sites (N-methyl/N-ethyl adjacent to an activating group) is 1.